The number of anilines is 1. The number of aromatic nitrogens is 1. The topological polar surface area (TPSA) is 52.0 Å². The van der Waals surface area contributed by atoms with Gasteiger partial charge in [-0.3, -0.25) is 0 Å². The zero-order valence-corrected chi connectivity index (χ0v) is 9.91. The van der Waals surface area contributed by atoms with Crippen LogP contribution in [-0.2, 0) is 0 Å². The maximum absolute atomic E-state index is 5.86. The molecule has 1 aromatic heterocycles. The number of nitrogens with two attached hydrogens (primary N) is 1. The second-order valence-electron chi connectivity index (χ2n) is 2.72. The van der Waals surface area contributed by atoms with Crippen LogP contribution in [-0.4, -0.2) is 5.16 Å². The molecule has 0 spiro atoms. The standard InChI is InChI=1S/C9H6ClIN2O/c10-6-3-1-2-5(4-6)8-7(11)9(12)13-14-8/h1-4H,(H2,12,13). The van der Waals surface area contributed by atoms with Gasteiger partial charge in [0.1, 0.15) is 3.57 Å². The molecule has 0 amide bonds. The Balaban J connectivity index is 2.55. The van der Waals surface area contributed by atoms with E-state index in [0.29, 0.717) is 16.6 Å². The molecule has 0 aliphatic heterocycles. The number of halogens is 2. The average molecular weight is 321 g/mol. The minimum absolute atomic E-state index is 0.403. The molecule has 2 rings (SSSR count). The fraction of sp³-hybridized carbons (Fsp3) is 0. The lowest BCUT2D eigenvalue weighted by atomic mass is 10.2. The summed E-state index contributed by atoms with van der Waals surface area (Å²) in [5.74, 6) is 1.06. The van der Waals surface area contributed by atoms with E-state index >= 15 is 0 Å². The van der Waals surface area contributed by atoms with E-state index in [9.17, 15) is 0 Å². The highest BCUT2D eigenvalue weighted by Crippen LogP contribution is 2.30. The van der Waals surface area contributed by atoms with E-state index in [-0.39, 0.29) is 0 Å². The Hall–Kier alpha value is -0.750. The first-order chi connectivity index (χ1) is 6.68. The minimum atomic E-state index is 0.403. The summed E-state index contributed by atoms with van der Waals surface area (Å²) in [5, 5.41) is 4.33. The molecule has 2 aromatic rings. The molecular formula is C9H6ClIN2O. The van der Waals surface area contributed by atoms with Crippen LogP contribution in [0.1, 0.15) is 0 Å². The summed E-state index contributed by atoms with van der Waals surface area (Å²) in [4.78, 5) is 0. The molecule has 1 aromatic carbocycles. The van der Waals surface area contributed by atoms with Crippen molar-refractivity contribution in [1.29, 1.82) is 0 Å². The molecule has 0 bridgehead atoms. The highest BCUT2D eigenvalue weighted by molar-refractivity contribution is 14.1. The van der Waals surface area contributed by atoms with Crippen LogP contribution in [0, 0.1) is 3.57 Å². The third-order valence-electron chi connectivity index (χ3n) is 1.75. The fourth-order valence-electron chi connectivity index (χ4n) is 1.10. The van der Waals surface area contributed by atoms with Crippen LogP contribution < -0.4 is 5.73 Å². The summed E-state index contributed by atoms with van der Waals surface area (Å²) in [6, 6.07) is 7.36. The maximum atomic E-state index is 5.86. The van der Waals surface area contributed by atoms with Crippen LogP contribution in [0.4, 0.5) is 5.82 Å². The lowest BCUT2D eigenvalue weighted by Crippen LogP contribution is -1.86. The van der Waals surface area contributed by atoms with E-state index in [1.165, 1.54) is 0 Å². The molecule has 5 heteroatoms. The fourth-order valence-corrected chi connectivity index (χ4v) is 1.80. The van der Waals surface area contributed by atoms with E-state index in [4.69, 9.17) is 21.9 Å². The van der Waals surface area contributed by atoms with E-state index in [0.717, 1.165) is 9.13 Å². The van der Waals surface area contributed by atoms with E-state index in [1.807, 2.05) is 18.2 Å². The molecule has 0 unspecified atom stereocenters. The number of nitrogen functional groups attached to an aromatic ring is 1. The van der Waals surface area contributed by atoms with Crippen molar-refractivity contribution in [3.63, 3.8) is 0 Å². The summed E-state index contributed by atoms with van der Waals surface area (Å²) in [7, 11) is 0. The van der Waals surface area contributed by atoms with Gasteiger partial charge < -0.3 is 10.3 Å². The molecular weight excluding hydrogens is 314 g/mol. The largest absolute Gasteiger partial charge is 0.380 e. The van der Waals surface area contributed by atoms with Gasteiger partial charge in [0.15, 0.2) is 11.6 Å². The third-order valence-corrected chi connectivity index (χ3v) is 3.02. The van der Waals surface area contributed by atoms with Crippen LogP contribution in [0.15, 0.2) is 28.8 Å². The molecule has 2 N–H and O–H groups in total. The van der Waals surface area contributed by atoms with Gasteiger partial charge in [0, 0.05) is 10.6 Å². The van der Waals surface area contributed by atoms with Crippen molar-refractivity contribution in [2.45, 2.75) is 0 Å². The Morgan fingerprint density at radius 2 is 2.21 bits per heavy atom. The Morgan fingerprint density at radius 3 is 2.79 bits per heavy atom. The van der Waals surface area contributed by atoms with Gasteiger partial charge in [0.05, 0.1) is 0 Å². The molecule has 3 nitrogen and oxygen atoms in total. The lowest BCUT2D eigenvalue weighted by Gasteiger charge is -1.96. The van der Waals surface area contributed by atoms with Crippen LogP contribution in [0.5, 0.6) is 0 Å². The predicted octanol–water partition coefficient (Wildman–Crippen LogP) is 3.18. The quantitative estimate of drug-likeness (QED) is 0.821. The van der Waals surface area contributed by atoms with E-state index in [1.54, 1.807) is 6.07 Å². The minimum Gasteiger partial charge on any atom is -0.380 e. The summed E-state index contributed by atoms with van der Waals surface area (Å²) in [5.41, 5.74) is 6.45. The van der Waals surface area contributed by atoms with Crippen molar-refractivity contribution in [3.8, 4) is 11.3 Å². The van der Waals surface area contributed by atoms with Crippen LogP contribution in [0.3, 0.4) is 0 Å². The second kappa shape index (κ2) is 3.78. The van der Waals surface area contributed by atoms with Gasteiger partial charge in [0.2, 0.25) is 0 Å². The molecule has 0 saturated carbocycles. The molecule has 1 heterocycles. The molecule has 0 radical (unpaired) electrons. The SMILES string of the molecule is Nc1noc(-c2cccc(Cl)c2)c1I. The molecule has 0 saturated heterocycles. The van der Waals surface area contributed by atoms with Gasteiger partial charge in [-0.2, -0.15) is 0 Å². The normalized spacial score (nSPS) is 10.4. The Kier molecular flexibility index (Phi) is 2.64. The van der Waals surface area contributed by atoms with Crippen molar-refractivity contribution < 1.29 is 4.52 Å². The number of rotatable bonds is 1. The van der Waals surface area contributed by atoms with Crippen molar-refractivity contribution in [2.24, 2.45) is 0 Å². The van der Waals surface area contributed by atoms with Crippen molar-refractivity contribution in [3.05, 3.63) is 32.9 Å². The molecule has 72 valence electrons. The van der Waals surface area contributed by atoms with Gasteiger partial charge in [0.25, 0.3) is 0 Å². The Bertz CT molecular complexity index is 470. The summed E-state index contributed by atoms with van der Waals surface area (Å²) in [6.07, 6.45) is 0. The smallest absolute Gasteiger partial charge is 0.182 e. The average Bonchev–Trinajstić information content (AvgIpc) is 2.48. The predicted molar refractivity (Wildman–Crippen MR) is 64.1 cm³/mol. The summed E-state index contributed by atoms with van der Waals surface area (Å²) >= 11 is 7.95. The van der Waals surface area contributed by atoms with Crippen LogP contribution in [0.2, 0.25) is 5.02 Å². The molecule has 14 heavy (non-hydrogen) atoms. The molecule has 0 atom stereocenters. The van der Waals surface area contributed by atoms with Gasteiger partial charge in [-0.15, -0.1) is 0 Å². The van der Waals surface area contributed by atoms with Gasteiger partial charge in [-0.1, -0.05) is 28.9 Å². The van der Waals surface area contributed by atoms with Crippen molar-refractivity contribution in [1.82, 2.24) is 5.16 Å². The zero-order valence-electron chi connectivity index (χ0n) is 7.00. The molecule has 0 aliphatic carbocycles. The van der Waals surface area contributed by atoms with Crippen molar-refractivity contribution >= 4 is 40.0 Å². The van der Waals surface area contributed by atoms with Gasteiger partial charge in [-0.25, -0.2) is 0 Å². The number of nitrogens with zero attached hydrogens (tertiary/aromatic N) is 1. The summed E-state index contributed by atoms with van der Waals surface area (Å²) in [6.45, 7) is 0. The molecule has 0 aliphatic rings. The first kappa shape index (κ1) is 9.79. The Labute approximate surface area is 99.4 Å². The van der Waals surface area contributed by atoms with Crippen LogP contribution >= 0.6 is 34.2 Å². The maximum Gasteiger partial charge on any atom is 0.182 e. The first-order valence-corrected chi connectivity index (χ1v) is 5.31. The number of hydrogen-bond acceptors (Lipinski definition) is 3. The van der Waals surface area contributed by atoms with Crippen LogP contribution in [0.25, 0.3) is 11.3 Å². The summed E-state index contributed by atoms with van der Waals surface area (Å²) < 4.78 is 5.91. The lowest BCUT2D eigenvalue weighted by molar-refractivity contribution is 0.435. The monoisotopic (exact) mass is 320 g/mol. The Morgan fingerprint density at radius 1 is 1.43 bits per heavy atom. The van der Waals surface area contributed by atoms with Gasteiger partial charge in [-0.05, 0) is 34.7 Å². The van der Waals surface area contributed by atoms with Crippen molar-refractivity contribution in [2.75, 3.05) is 5.73 Å². The highest BCUT2D eigenvalue weighted by atomic mass is 127. The van der Waals surface area contributed by atoms with E-state index in [2.05, 4.69) is 27.7 Å². The van der Waals surface area contributed by atoms with E-state index < -0.39 is 0 Å². The zero-order chi connectivity index (χ0) is 10.1. The van der Waals surface area contributed by atoms with Gasteiger partial charge >= 0.3 is 0 Å². The number of hydrogen-bond donors (Lipinski definition) is 1. The highest BCUT2D eigenvalue weighted by Gasteiger charge is 2.12. The first-order valence-electron chi connectivity index (χ1n) is 3.85. The molecule has 0 fully saturated rings. The second-order valence-corrected chi connectivity index (χ2v) is 4.24. The number of benzene rings is 1. The third kappa shape index (κ3) is 1.72.